The number of rotatable bonds is 5. The summed E-state index contributed by atoms with van der Waals surface area (Å²) in [5.74, 6) is -7.39. The number of phenols is 1. The van der Waals surface area contributed by atoms with Gasteiger partial charge in [0.1, 0.15) is 22.8 Å². The minimum atomic E-state index is -4.88. The third kappa shape index (κ3) is 5.36. The number of urea groups is 1. The van der Waals surface area contributed by atoms with Crippen molar-refractivity contribution < 1.29 is 52.4 Å². The summed E-state index contributed by atoms with van der Waals surface area (Å²) >= 11 is 0. The first-order valence-corrected chi connectivity index (χ1v) is 13.3. The second-order valence-corrected chi connectivity index (χ2v) is 10.9. The molecule has 5 rings (SSSR count). The van der Waals surface area contributed by atoms with Crippen LogP contribution in [0.5, 0.6) is 11.5 Å². The minimum Gasteiger partial charge on any atom is -0.511 e. The molecule has 2 aromatic rings. The molecule has 12 nitrogen and oxygen atoms in total. The van der Waals surface area contributed by atoms with Gasteiger partial charge in [-0.1, -0.05) is 0 Å². The second-order valence-electron chi connectivity index (χ2n) is 10.9. The Morgan fingerprint density at radius 3 is 2.30 bits per heavy atom. The molecule has 232 valence electrons. The summed E-state index contributed by atoms with van der Waals surface area (Å²) < 4.78 is 41.1. The minimum absolute atomic E-state index is 0.0914. The molecule has 0 radical (unpaired) electrons. The Morgan fingerprint density at radius 2 is 1.70 bits per heavy atom. The SMILES string of the molecule is CN(C)c1cc(NC(=O)Nc2ccc(OC(F)(F)F)cc2)c(O)c2c1C[C@H]1C[C@H]3CC(=O)C(C(N)=O)=C(O)C3C(=O)C1=C2O. The van der Waals surface area contributed by atoms with Crippen LogP contribution in [0.3, 0.4) is 0 Å². The highest BCUT2D eigenvalue weighted by Crippen LogP contribution is 2.52. The maximum absolute atomic E-state index is 13.7. The number of benzene rings is 2. The number of anilines is 3. The molecule has 1 saturated carbocycles. The van der Waals surface area contributed by atoms with Crippen molar-refractivity contribution in [2.45, 2.75) is 25.6 Å². The van der Waals surface area contributed by atoms with Gasteiger partial charge in [0.05, 0.1) is 17.2 Å². The maximum atomic E-state index is 13.7. The number of aliphatic hydroxyl groups is 2. The summed E-state index contributed by atoms with van der Waals surface area (Å²) in [6, 6.07) is 4.91. The molecule has 0 bridgehead atoms. The first-order chi connectivity index (χ1) is 20.6. The van der Waals surface area contributed by atoms with E-state index < -0.39 is 76.2 Å². The van der Waals surface area contributed by atoms with Crippen LogP contribution in [-0.2, 0) is 20.8 Å². The van der Waals surface area contributed by atoms with Crippen LogP contribution < -0.4 is 26.0 Å². The van der Waals surface area contributed by atoms with Gasteiger partial charge in [-0.15, -0.1) is 13.2 Å². The molecule has 7 N–H and O–H groups in total. The summed E-state index contributed by atoms with van der Waals surface area (Å²) in [5.41, 5.74) is 5.30. The van der Waals surface area contributed by atoms with Gasteiger partial charge in [-0.05, 0) is 60.6 Å². The number of Topliss-reactive ketones (excluding diaryl/α,β-unsaturated/α-hetero) is 2. The molecule has 3 aliphatic carbocycles. The van der Waals surface area contributed by atoms with E-state index in [-0.39, 0.29) is 41.8 Å². The number of carbonyl (C=O) groups is 4. The number of alkyl halides is 3. The first kappa shape index (κ1) is 30.3. The highest BCUT2D eigenvalue weighted by Gasteiger charge is 2.51. The van der Waals surface area contributed by atoms with Crippen LogP contribution in [0.15, 0.2) is 47.2 Å². The van der Waals surface area contributed by atoms with Crippen LogP contribution in [0.25, 0.3) is 5.76 Å². The number of aromatic hydroxyl groups is 1. The Hall–Kier alpha value is -5.21. The Labute approximate surface area is 247 Å². The van der Waals surface area contributed by atoms with Gasteiger partial charge in [0.15, 0.2) is 17.3 Å². The number of nitrogens with two attached hydrogens (primary N) is 1. The van der Waals surface area contributed by atoms with Gasteiger partial charge >= 0.3 is 12.4 Å². The molecule has 44 heavy (non-hydrogen) atoms. The molecule has 0 heterocycles. The van der Waals surface area contributed by atoms with Crippen molar-refractivity contribution >= 4 is 46.3 Å². The summed E-state index contributed by atoms with van der Waals surface area (Å²) in [5, 5.41) is 38.2. The summed E-state index contributed by atoms with van der Waals surface area (Å²) in [7, 11) is 3.38. The Balaban J connectivity index is 1.48. The summed E-state index contributed by atoms with van der Waals surface area (Å²) in [6.07, 6.45) is -4.67. The standard InChI is InChI=1S/C29H27F3N4O8/c1-36(2)17-10-16(35-28(43)34-13-3-5-14(6-4-13)44-29(30,31)32)23(38)21-15(17)8-11-7-12-9-18(37)22(27(33)42)26(41)20(12)24(39)19(11)25(21)40/h3-6,10-12,20,38,40-41H,7-9H2,1-2H3,(H2,33,42)(H2,34,35,43)/t11-,12+,20?/m1/s1. The van der Waals surface area contributed by atoms with Crippen LogP contribution >= 0.6 is 0 Å². The number of ether oxygens (including phenoxy) is 1. The zero-order valence-electron chi connectivity index (χ0n) is 23.3. The molecular formula is C29H27F3N4O8. The van der Waals surface area contributed by atoms with Gasteiger partial charge in [-0.3, -0.25) is 14.4 Å². The van der Waals surface area contributed by atoms with E-state index in [1.807, 2.05) is 0 Å². The molecule has 3 amide bonds. The van der Waals surface area contributed by atoms with Crippen molar-refractivity contribution in [3.8, 4) is 11.5 Å². The molecule has 0 aromatic heterocycles. The number of halogens is 3. The maximum Gasteiger partial charge on any atom is 0.573 e. The molecule has 0 spiro atoms. The number of ketones is 2. The fraction of sp³-hybridized carbons (Fsp3) is 0.310. The smallest absolute Gasteiger partial charge is 0.511 e. The van der Waals surface area contributed by atoms with Gasteiger partial charge in [0.2, 0.25) is 0 Å². The number of nitrogens with zero attached hydrogens (tertiary/aromatic N) is 1. The number of hydrogen-bond acceptors (Lipinski definition) is 9. The third-order valence-corrected chi connectivity index (χ3v) is 7.94. The lowest BCUT2D eigenvalue weighted by Crippen LogP contribution is -2.44. The molecule has 2 aromatic carbocycles. The molecule has 0 saturated heterocycles. The Morgan fingerprint density at radius 1 is 1.05 bits per heavy atom. The Kier molecular flexibility index (Phi) is 7.43. The third-order valence-electron chi connectivity index (χ3n) is 7.94. The van der Waals surface area contributed by atoms with Crippen molar-refractivity contribution in [1.29, 1.82) is 0 Å². The van der Waals surface area contributed by atoms with E-state index in [4.69, 9.17) is 5.73 Å². The number of nitrogens with one attached hydrogen (secondary N) is 2. The van der Waals surface area contributed by atoms with Crippen LogP contribution in [0.2, 0.25) is 0 Å². The van der Waals surface area contributed by atoms with Crippen LogP contribution in [0, 0.1) is 17.8 Å². The number of phenolic OH excluding ortho intramolecular Hbond substituents is 1. The Bertz CT molecular complexity index is 1660. The molecular weight excluding hydrogens is 589 g/mol. The molecule has 3 atom stereocenters. The lowest BCUT2D eigenvalue weighted by molar-refractivity contribution is -0.274. The zero-order chi connectivity index (χ0) is 32.2. The molecule has 1 fully saturated rings. The molecule has 3 aliphatic rings. The van der Waals surface area contributed by atoms with Crippen molar-refractivity contribution in [2.24, 2.45) is 23.5 Å². The topological polar surface area (TPSA) is 192 Å². The molecule has 1 unspecified atom stereocenters. The lowest BCUT2D eigenvalue weighted by atomic mass is 9.61. The van der Waals surface area contributed by atoms with E-state index in [9.17, 15) is 47.7 Å². The normalized spacial score (nSPS) is 21.2. The van der Waals surface area contributed by atoms with Gasteiger partial charge in [0.25, 0.3) is 5.91 Å². The van der Waals surface area contributed by atoms with Crippen molar-refractivity contribution in [3.05, 3.63) is 58.4 Å². The summed E-state index contributed by atoms with van der Waals surface area (Å²) in [4.78, 5) is 52.4. The average molecular weight is 617 g/mol. The number of fused-ring (bicyclic) bond motifs is 3. The van der Waals surface area contributed by atoms with E-state index in [1.54, 1.807) is 19.0 Å². The summed E-state index contributed by atoms with van der Waals surface area (Å²) in [6.45, 7) is 0. The number of amides is 3. The second kappa shape index (κ2) is 10.8. The van der Waals surface area contributed by atoms with Gasteiger partial charge in [-0.2, -0.15) is 0 Å². The van der Waals surface area contributed by atoms with E-state index in [1.165, 1.54) is 18.2 Å². The van der Waals surface area contributed by atoms with E-state index in [2.05, 4.69) is 15.4 Å². The largest absolute Gasteiger partial charge is 0.573 e. The number of primary amides is 1. The number of carbonyl (C=O) groups excluding carboxylic acids is 4. The van der Waals surface area contributed by atoms with E-state index in [0.717, 1.165) is 12.1 Å². The fourth-order valence-corrected chi connectivity index (χ4v) is 6.21. The zero-order valence-corrected chi connectivity index (χ0v) is 23.3. The van der Waals surface area contributed by atoms with Gasteiger partial charge < -0.3 is 41.3 Å². The average Bonchev–Trinajstić information content (AvgIpc) is 2.89. The van der Waals surface area contributed by atoms with Crippen molar-refractivity contribution in [1.82, 2.24) is 0 Å². The van der Waals surface area contributed by atoms with Crippen molar-refractivity contribution in [2.75, 3.05) is 29.6 Å². The van der Waals surface area contributed by atoms with Crippen LogP contribution in [0.1, 0.15) is 24.0 Å². The quantitative estimate of drug-likeness (QED) is 0.213. The van der Waals surface area contributed by atoms with Gasteiger partial charge in [-0.25, -0.2) is 4.79 Å². The fourth-order valence-electron chi connectivity index (χ4n) is 6.21. The predicted octanol–water partition coefficient (Wildman–Crippen LogP) is 3.92. The van der Waals surface area contributed by atoms with E-state index >= 15 is 0 Å². The number of allylic oxidation sites excluding steroid dienone is 2. The van der Waals surface area contributed by atoms with Crippen LogP contribution in [0.4, 0.5) is 35.0 Å². The monoisotopic (exact) mass is 616 g/mol. The van der Waals surface area contributed by atoms with Crippen molar-refractivity contribution in [3.63, 3.8) is 0 Å². The van der Waals surface area contributed by atoms with Gasteiger partial charge in [0, 0.05) is 37.5 Å². The van der Waals surface area contributed by atoms with E-state index in [0.29, 0.717) is 11.3 Å². The lowest BCUT2D eigenvalue weighted by Gasteiger charge is -2.41. The molecule has 0 aliphatic heterocycles. The first-order valence-electron chi connectivity index (χ1n) is 13.3. The highest BCUT2D eigenvalue weighted by atomic mass is 19.4. The van der Waals surface area contributed by atoms with Crippen LogP contribution in [-0.4, -0.2) is 59.3 Å². The predicted molar refractivity (Wildman–Crippen MR) is 150 cm³/mol. The number of aliphatic hydroxyl groups excluding tert-OH is 2. The number of hydrogen-bond donors (Lipinski definition) is 6. The highest BCUT2D eigenvalue weighted by molar-refractivity contribution is 6.21. The molecule has 15 heteroatoms.